The molecule has 0 unspecified atom stereocenters. The van der Waals surface area contributed by atoms with Crippen molar-refractivity contribution in [2.75, 3.05) is 6.26 Å². The fourth-order valence-electron chi connectivity index (χ4n) is 1.31. The lowest BCUT2D eigenvalue weighted by Gasteiger charge is -1.91. The molecule has 1 aromatic heterocycles. The number of rotatable bonds is 1. The zero-order chi connectivity index (χ0) is 10.1. The zero-order valence-corrected chi connectivity index (χ0v) is 9.08. The van der Waals surface area contributed by atoms with Gasteiger partial charge >= 0.3 is 0 Å². The van der Waals surface area contributed by atoms with E-state index < -0.39 is 0 Å². The van der Waals surface area contributed by atoms with Crippen LogP contribution in [0, 0.1) is 11.3 Å². The van der Waals surface area contributed by atoms with Gasteiger partial charge in [-0.15, -0.1) is 23.1 Å². The molecule has 0 saturated carbocycles. The molecule has 0 aliphatic carbocycles. The molecular weight excluding hydrogens is 214 g/mol. The zero-order valence-electron chi connectivity index (χ0n) is 7.44. The largest absolute Gasteiger partial charge is 0.505 e. The topological polar surface area (TPSA) is 44.0 Å². The number of thiophene rings is 1. The maximum Gasteiger partial charge on any atom is 0.147 e. The van der Waals surface area contributed by atoms with Crippen molar-refractivity contribution in [3.05, 3.63) is 23.8 Å². The summed E-state index contributed by atoms with van der Waals surface area (Å²) in [5, 5.41) is 19.4. The second-order valence-electron chi connectivity index (χ2n) is 2.74. The van der Waals surface area contributed by atoms with Crippen LogP contribution < -0.4 is 0 Å². The van der Waals surface area contributed by atoms with Crippen LogP contribution >= 0.6 is 23.1 Å². The number of aromatic hydroxyl groups is 1. The Morgan fingerprint density at radius 2 is 2.29 bits per heavy atom. The van der Waals surface area contributed by atoms with Gasteiger partial charge in [-0.1, -0.05) is 6.07 Å². The van der Waals surface area contributed by atoms with E-state index in [4.69, 9.17) is 5.26 Å². The molecule has 2 rings (SSSR count). The summed E-state index contributed by atoms with van der Waals surface area (Å²) >= 11 is 2.97. The molecule has 1 aromatic carbocycles. The van der Waals surface area contributed by atoms with Gasteiger partial charge in [-0.25, -0.2) is 0 Å². The third-order valence-electron chi connectivity index (χ3n) is 1.96. The van der Waals surface area contributed by atoms with Crippen molar-refractivity contribution >= 4 is 33.2 Å². The minimum atomic E-state index is 0.301. The lowest BCUT2D eigenvalue weighted by atomic mass is 10.2. The molecule has 0 atom stereocenters. The number of hydrogen-bond acceptors (Lipinski definition) is 4. The van der Waals surface area contributed by atoms with Gasteiger partial charge in [0.2, 0.25) is 0 Å². The summed E-state index contributed by atoms with van der Waals surface area (Å²) < 4.78 is 1.74. The molecule has 0 aliphatic rings. The molecule has 0 amide bonds. The van der Waals surface area contributed by atoms with Gasteiger partial charge in [-0.3, -0.25) is 0 Å². The van der Waals surface area contributed by atoms with E-state index in [2.05, 4.69) is 6.07 Å². The van der Waals surface area contributed by atoms with E-state index in [1.807, 2.05) is 12.3 Å². The molecule has 0 saturated heterocycles. The highest BCUT2D eigenvalue weighted by Crippen LogP contribution is 2.43. The van der Waals surface area contributed by atoms with Crippen molar-refractivity contribution in [3.63, 3.8) is 0 Å². The van der Waals surface area contributed by atoms with Crippen molar-refractivity contribution in [1.29, 1.82) is 5.26 Å². The van der Waals surface area contributed by atoms with Crippen LogP contribution in [-0.4, -0.2) is 11.4 Å². The van der Waals surface area contributed by atoms with E-state index in [9.17, 15) is 5.11 Å². The molecular formula is C10H7NOS2. The Hall–Kier alpha value is -1.18. The average molecular weight is 221 g/mol. The Labute approximate surface area is 89.8 Å². The lowest BCUT2D eigenvalue weighted by molar-refractivity contribution is 0.473. The van der Waals surface area contributed by atoms with Gasteiger partial charge in [-0.2, -0.15) is 5.26 Å². The Balaban J connectivity index is 2.85. The van der Waals surface area contributed by atoms with Gasteiger partial charge in [0.25, 0.3) is 0 Å². The summed E-state index contributed by atoms with van der Waals surface area (Å²) in [7, 11) is 0. The van der Waals surface area contributed by atoms with Crippen LogP contribution in [0.1, 0.15) is 5.56 Å². The van der Waals surface area contributed by atoms with Crippen molar-refractivity contribution < 1.29 is 5.11 Å². The predicted molar refractivity (Wildman–Crippen MR) is 60.0 cm³/mol. The van der Waals surface area contributed by atoms with Crippen LogP contribution in [0.15, 0.2) is 22.4 Å². The maximum atomic E-state index is 9.79. The number of nitrogens with zero attached hydrogens (tertiary/aromatic N) is 1. The van der Waals surface area contributed by atoms with Crippen molar-refractivity contribution in [2.45, 2.75) is 4.21 Å². The van der Waals surface area contributed by atoms with E-state index in [-0.39, 0.29) is 0 Å². The third kappa shape index (κ3) is 1.26. The third-order valence-corrected chi connectivity index (χ3v) is 4.30. The highest BCUT2D eigenvalue weighted by atomic mass is 32.2. The Morgan fingerprint density at radius 1 is 1.50 bits per heavy atom. The van der Waals surface area contributed by atoms with Gasteiger partial charge in [0.15, 0.2) is 0 Å². The molecule has 2 aromatic rings. The highest BCUT2D eigenvalue weighted by Gasteiger charge is 2.12. The highest BCUT2D eigenvalue weighted by molar-refractivity contribution is 8.00. The molecule has 1 N–H and O–H groups in total. The van der Waals surface area contributed by atoms with Crippen LogP contribution in [0.2, 0.25) is 0 Å². The van der Waals surface area contributed by atoms with E-state index in [0.717, 1.165) is 14.3 Å². The summed E-state index contributed by atoms with van der Waals surface area (Å²) in [4.78, 5) is 0. The van der Waals surface area contributed by atoms with Gasteiger partial charge in [0, 0.05) is 5.39 Å². The predicted octanol–water partition coefficient (Wildman–Crippen LogP) is 3.20. The average Bonchev–Trinajstić information content (AvgIpc) is 2.55. The summed E-state index contributed by atoms with van der Waals surface area (Å²) in [6.45, 7) is 0. The van der Waals surface area contributed by atoms with Crippen LogP contribution in [0.3, 0.4) is 0 Å². The molecule has 1 heterocycles. The van der Waals surface area contributed by atoms with Crippen LogP contribution in [-0.2, 0) is 0 Å². The number of hydrogen-bond donors (Lipinski definition) is 1. The van der Waals surface area contributed by atoms with Crippen LogP contribution in [0.25, 0.3) is 10.1 Å². The minimum absolute atomic E-state index is 0.301. The second-order valence-corrected chi connectivity index (χ2v) is 4.83. The van der Waals surface area contributed by atoms with Gasteiger partial charge in [-0.05, 0) is 18.4 Å². The first-order chi connectivity index (χ1) is 6.77. The normalized spacial score (nSPS) is 10.3. The molecule has 2 nitrogen and oxygen atoms in total. The smallest absolute Gasteiger partial charge is 0.147 e. The molecule has 70 valence electrons. The first-order valence-electron chi connectivity index (χ1n) is 3.96. The van der Waals surface area contributed by atoms with Crippen molar-refractivity contribution in [2.24, 2.45) is 0 Å². The van der Waals surface area contributed by atoms with Crippen LogP contribution in [0.4, 0.5) is 0 Å². The number of thioether (sulfide) groups is 1. The van der Waals surface area contributed by atoms with Crippen LogP contribution in [0.5, 0.6) is 5.75 Å². The van der Waals surface area contributed by atoms with Crippen molar-refractivity contribution in [3.8, 4) is 11.8 Å². The molecule has 4 heteroatoms. The number of nitriles is 1. The van der Waals surface area contributed by atoms with Gasteiger partial charge in [0.05, 0.1) is 10.3 Å². The first-order valence-corrected chi connectivity index (χ1v) is 6.00. The number of benzene rings is 1. The van der Waals surface area contributed by atoms with Gasteiger partial charge in [0.1, 0.15) is 16.0 Å². The second kappa shape index (κ2) is 3.52. The standard InChI is InChI=1S/C10H7NOS2/c1-13-10-8(12)7-4-2-3-6(5-11)9(7)14-10/h2-4,12H,1H3. The molecule has 0 spiro atoms. The Bertz CT molecular complexity index is 525. The van der Waals surface area contributed by atoms with E-state index in [1.54, 1.807) is 12.1 Å². The molecule has 0 aliphatic heterocycles. The Morgan fingerprint density at radius 3 is 2.93 bits per heavy atom. The number of fused-ring (bicyclic) bond motifs is 1. The molecule has 0 bridgehead atoms. The fraction of sp³-hybridized carbons (Fsp3) is 0.100. The monoisotopic (exact) mass is 221 g/mol. The fourth-order valence-corrected chi connectivity index (χ4v) is 3.09. The minimum Gasteiger partial charge on any atom is -0.505 e. The molecule has 0 radical (unpaired) electrons. The van der Waals surface area contributed by atoms with E-state index in [1.165, 1.54) is 23.1 Å². The van der Waals surface area contributed by atoms with Gasteiger partial charge < -0.3 is 5.11 Å². The summed E-state index contributed by atoms with van der Waals surface area (Å²) in [5.74, 6) is 0.301. The van der Waals surface area contributed by atoms with Crippen molar-refractivity contribution in [1.82, 2.24) is 0 Å². The summed E-state index contributed by atoms with van der Waals surface area (Å²) in [6.07, 6.45) is 1.91. The molecule has 14 heavy (non-hydrogen) atoms. The van der Waals surface area contributed by atoms with E-state index >= 15 is 0 Å². The quantitative estimate of drug-likeness (QED) is 0.752. The summed E-state index contributed by atoms with van der Waals surface area (Å²) in [6, 6.07) is 7.52. The Kier molecular flexibility index (Phi) is 2.36. The first kappa shape index (κ1) is 9.38. The summed E-state index contributed by atoms with van der Waals surface area (Å²) in [5.41, 5.74) is 0.628. The molecule has 0 fully saturated rings. The lowest BCUT2D eigenvalue weighted by Crippen LogP contribution is -1.71. The maximum absolute atomic E-state index is 9.79. The SMILES string of the molecule is CSc1sc2c(C#N)cccc2c1O. The van der Waals surface area contributed by atoms with E-state index in [0.29, 0.717) is 11.3 Å².